The number of H-pyrrole nitrogens is 1. The van der Waals surface area contributed by atoms with Crippen LogP contribution in [0.1, 0.15) is 26.8 Å². The van der Waals surface area contributed by atoms with Gasteiger partial charge in [-0.3, -0.25) is 9.40 Å². The molecule has 3 aromatic rings. The summed E-state index contributed by atoms with van der Waals surface area (Å²) in [5, 5.41) is 5.41. The number of hydrogen-bond donors (Lipinski definition) is 2. The van der Waals surface area contributed by atoms with Gasteiger partial charge in [0.15, 0.2) is 0 Å². The largest absolute Gasteiger partial charge is 0.444 e. The topological polar surface area (TPSA) is 109 Å². The number of carbonyl (C=O) groups excluding carboxylic acids is 1. The van der Waals surface area contributed by atoms with Crippen molar-refractivity contribution < 1.29 is 17.9 Å². The maximum Gasteiger partial charge on any atom is 0.410 e. The van der Waals surface area contributed by atoms with E-state index < -0.39 is 21.7 Å². The standard InChI is InChI=1S/C19H22ClN5O4S/c1-19(2,3)29-18(26)24-9-12(10-24)25-11-13(7-22-25)30(27,28)23-16-6-4-5-14-15(20)8-21-17(14)16/h4-8,11-12,21,23H,9-10H2,1-3H3. The minimum Gasteiger partial charge on any atom is -0.444 e. The fraction of sp³-hybridized carbons (Fsp3) is 0.368. The van der Waals surface area contributed by atoms with Crippen LogP contribution in [0.2, 0.25) is 5.02 Å². The Kier molecular flexibility index (Phi) is 4.94. The first kappa shape index (κ1) is 20.5. The highest BCUT2D eigenvalue weighted by atomic mass is 35.5. The summed E-state index contributed by atoms with van der Waals surface area (Å²) >= 11 is 6.10. The molecule has 160 valence electrons. The van der Waals surface area contributed by atoms with Crippen LogP contribution in [-0.2, 0) is 14.8 Å². The van der Waals surface area contributed by atoms with Gasteiger partial charge in [0.05, 0.1) is 28.5 Å². The van der Waals surface area contributed by atoms with E-state index in [1.54, 1.807) is 34.0 Å². The number of aromatic nitrogens is 3. The lowest BCUT2D eigenvalue weighted by Gasteiger charge is -2.39. The molecule has 0 saturated carbocycles. The van der Waals surface area contributed by atoms with Crippen molar-refractivity contribution in [2.24, 2.45) is 0 Å². The molecule has 1 fully saturated rings. The molecule has 0 spiro atoms. The molecule has 0 bridgehead atoms. The minimum atomic E-state index is -3.85. The maximum absolute atomic E-state index is 12.8. The Morgan fingerprint density at radius 2 is 2.07 bits per heavy atom. The van der Waals surface area contributed by atoms with E-state index in [-0.39, 0.29) is 10.9 Å². The highest BCUT2D eigenvalue weighted by Crippen LogP contribution is 2.30. The second-order valence-electron chi connectivity index (χ2n) is 8.17. The lowest BCUT2D eigenvalue weighted by atomic mass is 10.1. The van der Waals surface area contributed by atoms with Crippen LogP contribution in [0.5, 0.6) is 0 Å². The molecule has 1 aliphatic heterocycles. The van der Waals surface area contributed by atoms with Gasteiger partial charge in [0.25, 0.3) is 10.0 Å². The van der Waals surface area contributed by atoms with Gasteiger partial charge in [-0.1, -0.05) is 23.7 Å². The van der Waals surface area contributed by atoms with Crippen LogP contribution in [0.4, 0.5) is 10.5 Å². The number of para-hydroxylation sites is 1. The summed E-state index contributed by atoms with van der Waals surface area (Å²) in [5.41, 5.74) is 0.435. The fourth-order valence-electron chi connectivity index (χ4n) is 3.17. The first-order chi connectivity index (χ1) is 14.0. The van der Waals surface area contributed by atoms with E-state index in [4.69, 9.17) is 16.3 Å². The molecule has 9 nitrogen and oxygen atoms in total. The molecule has 0 unspecified atom stereocenters. The summed E-state index contributed by atoms with van der Waals surface area (Å²) < 4.78 is 35.1. The summed E-state index contributed by atoms with van der Waals surface area (Å²) in [5.74, 6) is 0. The van der Waals surface area contributed by atoms with Crippen molar-refractivity contribution in [1.82, 2.24) is 19.7 Å². The van der Waals surface area contributed by atoms with Crippen molar-refractivity contribution in [2.75, 3.05) is 17.8 Å². The molecule has 2 N–H and O–H groups in total. The first-order valence-electron chi connectivity index (χ1n) is 9.34. The van der Waals surface area contributed by atoms with Gasteiger partial charge in [-0.15, -0.1) is 0 Å². The predicted octanol–water partition coefficient (Wildman–Crippen LogP) is 3.61. The Hall–Kier alpha value is -2.72. The molecule has 1 saturated heterocycles. The van der Waals surface area contributed by atoms with E-state index in [0.29, 0.717) is 29.3 Å². The second kappa shape index (κ2) is 7.21. The van der Waals surface area contributed by atoms with Crippen LogP contribution in [0, 0.1) is 0 Å². The number of ether oxygens (including phenoxy) is 1. The fourth-order valence-corrected chi connectivity index (χ4v) is 4.39. The zero-order valence-corrected chi connectivity index (χ0v) is 18.3. The van der Waals surface area contributed by atoms with Gasteiger partial charge in [0.1, 0.15) is 10.5 Å². The number of amides is 1. The van der Waals surface area contributed by atoms with E-state index in [1.807, 2.05) is 20.8 Å². The van der Waals surface area contributed by atoms with Crippen molar-refractivity contribution in [3.05, 3.63) is 41.8 Å². The molecule has 3 heterocycles. The highest BCUT2D eigenvalue weighted by molar-refractivity contribution is 7.92. The zero-order valence-electron chi connectivity index (χ0n) is 16.7. The van der Waals surface area contributed by atoms with Gasteiger partial charge in [-0.2, -0.15) is 5.10 Å². The number of nitrogens with one attached hydrogen (secondary N) is 2. The SMILES string of the molecule is CC(C)(C)OC(=O)N1CC(n2cc(S(=O)(=O)Nc3cccc4c(Cl)c[nH]c34)cn2)C1. The average Bonchev–Trinajstić information content (AvgIpc) is 3.21. The van der Waals surface area contributed by atoms with Crippen molar-refractivity contribution in [3.8, 4) is 0 Å². The van der Waals surface area contributed by atoms with E-state index in [9.17, 15) is 13.2 Å². The first-order valence-corrected chi connectivity index (χ1v) is 11.2. The lowest BCUT2D eigenvalue weighted by molar-refractivity contribution is -0.000423. The Morgan fingerprint density at radius 3 is 2.77 bits per heavy atom. The molecule has 4 rings (SSSR count). The third kappa shape index (κ3) is 3.97. The van der Waals surface area contributed by atoms with Crippen molar-refractivity contribution in [3.63, 3.8) is 0 Å². The summed E-state index contributed by atoms with van der Waals surface area (Å²) in [6, 6.07) is 5.08. The number of benzene rings is 1. The van der Waals surface area contributed by atoms with Crippen molar-refractivity contribution >= 4 is 44.3 Å². The molecule has 1 aliphatic rings. The van der Waals surface area contributed by atoms with E-state index in [2.05, 4.69) is 14.8 Å². The van der Waals surface area contributed by atoms with Crippen LogP contribution in [0.15, 0.2) is 41.7 Å². The van der Waals surface area contributed by atoms with E-state index in [0.717, 1.165) is 5.39 Å². The van der Waals surface area contributed by atoms with Gasteiger partial charge in [-0.05, 0) is 26.8 Å². The minimum absolute atomic E-state index is 0.0351. The number of sulfonamides is 1. The van der Waals surface area contributed by atoms with Crippen LogP contribution >= 0.6 is 11.6 Å². The Morgan fingerprint density at radius 1 is 1.33 bits per heavy atom. The molecule has 11 heteroatoms. The summed E-state index contributed by atoms with van der Waals surface area (Å²) in [7, 11) is -3.85. The smallest absolute Gasteiger partial charge is 0.410 e. The van der Waals surface area contributed by atoms with Crippen LogP contribution in [0.25, 0.3) is 10.9 Å². The number of fused-ring (bicyclic) bond motifs is 1. The van der Waals surface area contributed by atoms with Gasteiger partial charge in [0, 0.05) is 30.9 Å². The second-order valence-corrected chi connectivity index (χ2v) is 10.3. The van der Waals surface area contributed by atoms with Crippen molar-refractivity contribution in [1.29, 1.82) is 0 Å². The van der Waals surface area contributed by atoms with Crippen molar-refractivity contribution in [2.45, 2.75) is 37.3 Å². The quantitative estimate of drug-likeness (QED) is 0.629. The third-order valence-electron chi connectivity index (χ3n) is 4.69. The number of carbonyl (C=O) groups is 1. The van der Waals surface area contributed by atoms with Gasteiger partial charge < -0.3 is 14.6 Å². The van der Waals surface area contributed by atoms with Crippen LogP contribution in [-0.4, -0.2) is 52.9 Å². The molecule has 1 aromatic carbocycles. The third-order valence-corrected chi connectivity index (χ3v) is 6.32. The summed E-state index contributed by atoms with van der Waals surface area (Å²) in [4.78, 5) is 16.6. The molecule has 30 heavy (non-hydrogen) atoms. The Labute approximate surface area is 179 Å². The molecular formula is C19H22ClN5O4S. The average molecular weight is 452 g/mol. The molecule has 1 amide bonds. The highest BCUT2D eigenvalue weighted by Gasteiger charge is 2.35. The Balaban J connectivity index is 1.45. The molecule has 0 aliphatic carbocycles. The number of nitrogens with zero attached hydrogens (tertiary/aromatic N) is 3. The normalized spacial score (nSPS) is 15.3. The number of anilines is 1. The molecule has 0 radical (unpaired) electrons. The monoisotopic (exact) mass is 451 g/mol. The number of likely N-dealkylation sites (tertiary alicyclic amines) is 1. The van der Waals surface area contributed by atoms with Gasteiger partial charge >= 0.3 is 6.09 Å². The number of aromatic amines is 1. The van der Waals surface area contributed by atoms with Gasteiger partial charge in [-0.25, -0.2) is 13.2 Å². The number of halogens is 1. The predicted molar refractivity (Wildman–Crippen MR) is 113 cm³/mol. The van der Waals surface area contributed by atoms with Crippen LogP contribution in [0.3, 0.4) is 0 Å². The molecule has 0 atom stereocenters. The maximum atomic E-state index is 12.8. The molecular weight excluding hydrogens is 430 g/mol. The number of rotatable bonds is 4. The molecule has 2 aromatic heterocycles. The Bertz CT molecular complexity index is 1210. The number of hydrogen-bond acceptors (Lipinski definition) is 5. The van der Waals surface area contributed by atoms with Gasteiger partial charge in [0.2, 0.25) is 0 Å². The van der Waals surface area contributed by atoms with E-state index in [1.165, 1.54) is 12.4 Å². The van der Waals surface area contributed by atoms with Crippen LogP contribution < -0.4 is 4.72 Å². The zero-order chi connectivity index (χ0) is 21.7. The lowest BCUT2D eigenvalue weighted by Crippen LogP contribution is -2.52. The van der Waals surface area contributed by atoms with E-state index >= 15 is 0 Å². The summed E-state index contributed by atoms with van der Waals surface area (Å²) in [6.45, 7) is 6.23. The summed E-state index contributed by atoms with van der Waals surface area (Å²) in [6.07, 6.45) is 3.97.